The van der Waals surface area contributed by atoms with Gasteiger partial charge in [-0.1, -0.05) is 18.2 Å². The van der Waals surface area contributed by atoms with Gasteiger partial charge in [-0.15, -0.1) is 0 Å². The Morgan fingerprint density at radius 3 is 2.30 bits per heavy atom. The Morgan fingerprint density at radius 1 is 1.00 bits per heavy atom. The molecule has 0 unspecified atom stereocenters. The normalized spacial score (nSPS) is 10.6. The van der Waals surface area contributed by atoms with Crippen LogP contribution in [0.2, 0.25) is 0 Å². The molecule has 2 rings (SSSR count). The lowest BCUT2D eigenvalue weighted by Gasteiger charge is -2.09. The van der Waals surface area contributed by atoms with Gasteiger partial charge in [-0.2, -0.15) is 0 Å². The van der Waals surface area contributed by atoms with Gasteiger partial charge in [-0.25, -0.2) is 4.79 Å². The fourth-order valence-corrected chi connectivity index (χ4v) is 2.22. The van der Waals surface area contributed by atoms with Crippen molar-refractivity contribution in [3.8, 4) is 17.2 Å². The molecule has 4 heteroatoms. The third-order valence-electron chi connectivity index (χ3n) is 3.45. The summed E-state index contributed by atoms with van der Waals surface area (Å²) in [5.74, 6) is 1.50. The van der Waals surface area contributed by atoms with Crippen LogP contribution in [0.25, 0.3) is 6.08 Å². The Labute approximate surface area is 136 Å². The maximum Gasteiger partial charge on any atom is 0.336 e. The van der Waals surface area contributed by atoms with Gasteiger partial charge in [0.05, 0.1) is 14.2 Å². The SMILES string of the molecule is COc1ccc(OC)c(/C=C/C(=O)Oc2c(C)cccc2C)c1. The summed E-state index contributed by atoms with van der Waals surface area (Å²) in [6, 6.07) is 11.1. The van der Waals surface area contributed by atoms with E-state index in [1.54, 1.807) is 38.5 Å². The van der Waals surface area contributed by atoms with Crippen LogP contribution in [-0.2, 0) is 4.79 Å². The quantitative estimate of drug-likeness (QED) is 0.476. The van der Waals surface area contributed by atoms with E-state index in [9.17, 15) is 4.79 Å². The highest BCUT2D eigenvalue weighted by molar-refractivity contribution is 5.89. The van der Waals surface area contributed by atoms with Gasteiger partial charge in [0.2, 0.25) is 0 Å². The molecular formula is C19H20O4. The predicted molar refractivity (Wildman–Crippen MR) is 90.1 cm³/mol. The van der Waals surface area contributed by atoms with Gasteiger partial charge in [-0.05, 0) is 49.2 Å². The molecule has 2 aromatic rings. The minimum absolute atomic E-state index is 0.438. The van der Waals surface area contributed by atoms with Crippen LogP contribution in [0.3, 0.4) is 0 Å². The van der Waals surface area contributed by atoms with Gasteiger partial charge in [0.1, 0.15) is 17.2 Å². The Kier molecular flexibility index (Phi) is 5.41. The first-order valence-corrected chi connectivity index (χ1v) is 7.23. The van der Waals surface area contributed by atoms with E-state index in [0.717, 1.165) is 16.7 Å². The van der Waals surface area contributed by atoms with Crippen molar-refractivity contribution >= 4 is 12.0 Å². The largest absolute Gasteiger partial charge is 0.497 e. The molecule has 0 amide bonds. The molecule has 4 nitrogen and oxygen atoms in total. The number of hydrogen-bond donors (Lipinski definition) is 0. The Bertz CT molecular complexity index is 712. The zero-order valence-corrected chi connectivity index (χ0v) is 13.8. The van der Waals surface area contributed by atoms with Crippen LogP contribution in [-0.4, -0.2) is 20.2 Å². The monoisotopic (exact) mass is 312 g/mol. The van der Waals surface area contributed by atoms with Crippen LogP contribution in [0.1, 0.15) is 16.7 Å². The number of methoxy groups -OCH3 is 2. The second kappa shape index (κ2) is 7.49. The first kappa shape index (κ1) is 16.6. The summed E-state index contributed by atoms with van der Waals surface area (Å²) in [5.41, 5.74) is 2.58. The minimum atomic E-state index is -0.438. The number of ether oxygens (including phenoxy) is 3. The smallest absolute Gasteiger partial charge is 0.336 e. The van der Waals surface area contributed by atoms with Crippen molar-refractivity contribution in [1.82, 2.24) is 0 Å². The third kappa shape index (κ3) is 4.13. The van der Waals surface area contributed by atoms with Gasteiger partial charge < -0.3 is 14.2 Å². The molecule has 0 saturated heterocycles. The number of hydrogen-bond acceptors (Lipinski definition) is 4. The minimum Gasteiger partial charge on any atom is -0.497 e. The molecule has 0 saturated carbocycles. The summed E-state index contributed by atoms with van der Waals surface area (Å²) in [4.78, 5) is 12.1. The van der Waals surface area contributed by atoms with E-state index in [1.165, 1.54) is 6.08 Å². The first-order chi connectivity index (χ1) is 11.0. The maximum absolute atomic E-state index is 12.1. The highest BCUT2D eigenvalue weighted by Crippen LogP contribution is 2.26. The standard InChI is InChI=1S/C19H20O4/c1-13-6-5-7-14(2)19(13)23-18(20)11-8-15-12-16(21-3)9-10-17(15)22-4/h5-12H,1-4H3/b11-8+. The molecule has 23 heavy (non-hydrogen) atoms. The lowest BCUT2D eigenvalue weighted by atomic mass is 10.1. The van der Waals surface area contributed by atoms with Crippen molar-refractivity contribution < 1.29 is 19.0 Å². The Balaban J connectivity index is 2.18. The van der Waals surface area contributed by atoms with E-state index in [0.29, 0.717) is 17.2 Å². The highest BCUT2D eigenvalue weighted by Gasteiger charge is 2.08. The first-order valence-electron chi connectivity index (χ1n) is 7.23. The molecule has 0 bridgehead atoms. The van der Waals surface area contributed by atoms with Crippen molar-refractivity contribution in [3.05, 3.63) is 59.2 Å². The Morgan fingerprint density at radius 2 is 1.70 bits per heavy atom. The van der Waals surface area contributed by atoms with Crippen LogP contribution in [0.4, 0.5) is 0 Å². The molecule has 0 aromatic heterocycles. The van der Waals surface area contributed by atoms with E-state index in [2.05, 4.69) is 0 Å². The summed E-state index contributed by atoms with van der Waals surface area (Å²) in [6.45, 7) is 3.81. The summed E-state index contributed by atoms with van der Waals surface area (Å²) < 4.78 is 15.9. The van der Waals surface area contributed by atoms with E-state index < -0.39 is 5.97 Å². The van der Waals surface area contributed by atoms with Crippen LogP contribution < -0.4 is 14.2 Å². The fourth-order valence-electron chi connectivity index (χ4n) is 2.22. The second-order valence-electron chi connectivity index (χ2n) is 5.08. The molecule has 0 fully saturated rings. The molecule has 0 aliphatic heterocycles. The number of carbonyl (C=O) groups is 1. The van der Waals surface area contributed by atoms with Crippen molar-refractivity contribution in [2.75, 3.05) is 14.2 Å². The molecule has 0 radical (unpaired) electrons. The highest BCUT2D eigenvalue weighted by atomic mass is 16.5. The molecule has 0 spiro atoms. The lowest BCUT2D eigenvalue weighted by Crippen LogP contribution is -2.06. The molecule has 2 aromatic carbocycles. The topological polar surface area (TPSA) is 44.8 Å². The van der Waals surface area contributed by atoms with Gasteiger partial charge in [0.25, 0.3) is 0 Å². The van der Waals surface area contributed by atoms with Crippen LogP contribution in [0.15, 0.2) is 42.5 Å². The summed E-state index contributed by atoms with van der Waals surface area (Å²) in [5, 5.41) is 0. The van der Waals surface area contributed by atoms with E-state index in [-0.39, 0.29) is 0 Å². The van der Waals surface area contributed by atoms with Crippen LogP contribution in [0, 0.1) is 13.8 Å². The second-order valence-corrected chi connectivity index (χ2v) is 5.08. The molecule has 0 aliphatic carbocycles. The fraction of sp³-hybridized carbons (Fsp3) is 0.211. The number of carbonyl (C=O) groups excluding carboxylic acids is 1. The Hall–Kier alpha value is -2.75. The van der Waals surface area contributed by atoms with Crippen molar-refractivity contribution in [2.24, 2.45) is 0 Å². The number of para-hydroxylation sites is 1. The van der Waals surface area contributed by atoms with Crippen molar-refractivity contribution in [3.63, 3.8) is 0 Å². The van der Waals surface area contributed by atoms with Crippen molar-refractivity contribution in [1.29, 1.82) is 0 Å². The maximum atomic E-state index is 12.1. The number of esters is 1. The lowest BCUT2D eigenvalue weighted by molar-refractivity contribution is -0.129. The molecule has 0 N–H and O–H groups in total. The average Bonchev–Trinajstić information content (AvgIpc) is 2.56. The molecule has 0 heterocycles. The number of rotatable bonds is 5. The summed E-state index contributed by atoms with van der Waals surface area (Å²) >= 11 is 0. The van der Waals surface area contributed by atoms with Gasteiger partial charge >= 0.3 is 5.97 Å². The van der Waals surface area contributed by atoms with E-state index >= 15 is 0 Å². The van der Waals surface area contributed by atoms with Crippen LogP contribution in [0.5, 0.6) is 17.2 Å². The molecule has 0 atom stereocenters. The molecule has 120 valence electrons. The molecular weight excluding hydrogens is 292 g/mol. The number of benzene rings is 2. The predicted octanol–water partition coefficient (Wildman–Crippen LogP) is 3.94. The third-order valence-corrected chi connectivity index (χ3v) is 3.45. The van der Waals surface area contributed by atoms with E-state index in [1.807, 2.05) is 32.0 Å². The summed E-state index contributed by atoms with van der Waals surface area (Å²) in [7, 11) is 3.17. The number of aryl methyl sites for hydroxylation is 2. The van der Waals surface area contributed by atoms with E-state index in [4.69, 9.17) is 14.2 Å². The van der Waals surface area contributed by atoms with Crippen molar-refractivity contribution in [2.45, 2.75) is 13.8 Å². The van der Waals surface area contributed by atoms with Crippen LogP contribution >= 0.6 is 0 Å². The zero-order chi connectivity index (χ0) is 16.8. The van der Waals surface area contributed by atoms with Gasteiger partial charge in [0.15, 0.2) is 0 Å². The zero-order valence-electron chi connectivity index (χ0n) is 13.8. The molecule has 0 aliphatic rings. The van der Waals surface area contributed by atoms with Gasteiger partial charge in [0, 0.05) is 11.6 Å². The van der Waals surface area contributed by atoms with Gasteiger partial charge in [-0.3, -0.25) is 0 Å². The summed E-state index contributed by atoms with van der Waals surface area (Å²) in [6.07, 6.45) is 3.03. The average molecular weight is 312 g/mol.